The van der Waals surface area contributed by atoms with Crippen molar-refractivity contribution in [1.29, 1.82) is 0 Å². The number of imidazole rings is 1. The highest BCUT2D eigenvalue weighted by atomic mass is 19.1. The third-order valence-electron chi connectivity index (χ3n) is 4.18. The summed E-state index contributed by atoms with van der Waals surface area (Å²) >= 11 is 0. The molecule has 0 atom stereocenters. The van der Waals surface area contributed by atoms with Crippen LogP contribution in [-0.2, 0) is 0 Å². The van der Waals surface area contributed by atoms with Crippen LogP contribution < -0.4 is 0 Å². The van der Waals surface area contributed by atoms with Crippen LogP contribution in [0.4, 0.5) is 4.39 Å². The van der Waals surface area contributed by atoms with Crippen LogP contribution in [-0.4, -0.2) is 19.6 Å². The Kier molecular flexibility index (Phi) is 3.42. The molecule has 5 heteroatoms. The van der Waals surface area contributed by atoms with Crippen LogP contribution in [0.25, 0.3) is 28.2 Å². The van der Waals surface area contributed by atoms with Gasteiger partial charge in [0.05, 0.1) is 11.1 Å². The van der Waals surface area contributed by atoms with Gasteiger partial charge in [-0.1, -0.05) is 18.2 Å². The van der Waals surface area contributed by atoms with Gasteiger partial charge in [-0.15, -0.1) is 0 Å². The number of nitrogens with zero attached hydrogens (tertiary/aromatic N) is 2. The Hall–Kier alpha value is -3.34. The maximum Gasteiger partial charge on any atom is 0.165 e. The fraction of sp³-hybridized carbons (Fsp3) is 0.0500. The number of aromatic hydroxyl groups is 2. The average Bonchev–Trinajstić information content (AvgIpc) is 2.97. The normalized spacial score (nSPS) is 11.1. The first-order chi connectivity index (χ1) is 12.1. The Bertz CT molecular complexity index is 1100. The molecule has 25 heavy (non-hydrogen) atoms. The molecule has 0 unspecified atom stereocenters. The van der Waals surface area contributed by atoms with Crippen molar-refractivity contribution >= 4 is 5.52 Å². The van der Waals surface area contributed by atoms with Gasteiger partial charge in [-0.25, -0.2) is 9.37 Å². The van der Waals surface area contributed by atoms with Crippen LogP contribution in [0.5, 0.6) is 11.5 Å². The molecule has 4 rings (SSSR count). The minimum Gasteiger partial charge on any atom is -0.507 e. The van der Waals surface area contributed by atoms with Gasteiger partial charge in [-0.05, 0) is 48.9 Å². The van der Waals surface area contributed by atoms with E-state index in [1.54, 1.807) is 28.8 Å². The lowest BCUT2D eigenvalue weighted by Gasteiger charge is -2.04. The number of aryl methyl sites for hydroxylation is 1. The molecule has 2 N–H and O–H groups in total. The molecule has 0 saturated heterocycles. The molecule has 4 nitrogen and oxygen atoms in total. The van der Waals surface area contributed by atoms with Gasteiger partial charge in [-0.2, -0.15) is 0 Å². The minimum atomic E-state index is -0.704. The van der Waals surface area contributed by atoms with Gasteiger partial charge in [0.1, 0.15) is 17.3 Å². The molecule has 2 aromatic carbocycles. The highest BCUT2D eigenvalue weighted by Gasteiger charge is 2.19. The molecule has 0 aliphatic rings. The van der Waals surface area contributed by atoms with Gasteiger partial charge in [0.25, 0.3) is 0 Å². The minimum absolute atomic E-state index is 0.124. The summed E-state index contributed by atoms with van der Waals surface area (Å²) in [7, 11) is 0. The van der Waals surface area contributed by atoms with Crippen LogP contribution in [0.2, 0.25) is 0 Å². The number of para-hydroxylation sites is 1. The summed E-state index contributed by atoms with van der Waals surface area (Å²) < 4.78 is 15.5. The second-order valence-electron chi connectivity index (χ2n) is 5.90. The number of benzene rings is 2. The molecule has 0 radical (unpaired) electrons. The fourth-order valence-electron chi connectivity index (χ4n) is 2.96. The lowest BCUT2D eigenvalue weighted by molar-refractivity contribution is 0.434. The van der Waals surface area contributed by atoms with Gasteiger partial charge in [0, 0.05) is 11.8 Å². The Morgan fingerprint density at radius 2 is 1.80 bits per heavy atom. The number of halogens is 1. The van der Waals surface area contributed by atoms with Gasteiger partial charge >= 0.3 is 0 Å². The molecule has 2 aromatic heterocycles. The van der Waals surface area contributed by atoms with E-state index >= 15 is 0 Å². The van der Waals surface area contributed by atoms with E-state index in [0.717, 1.165) is 11.1 Å². The van der Waals surface area contributed by atoms with Crippen molar-refractivity contribution in [3.63, 3.8) is 0 Å². The van der Waals surface area contributed by atoms with E-state index in [1.807, 2.05) is 31.2 Å². The third-order valence-corrected chi connectivity index (χ3v) is 4.18. The van der Waals surface area contributed by atoms with E-state index in [9.17, 15) is 14.6 Å². The molecule has 2 heterocycles. The van der Waals surface area contributed by atoms with E-state index in [2.05, 4.69) is 4.98 Å². The number of pyridine rings is 1. The first-order valence-electron chi connectivity index (χ1n) is 7.81. The molecule has 124 valence electrons. The Balaban J connectivity index is 2.04. The molecule has 4 aromatic rings. The van der Waals surface area contributed by atoms with Crippen molar-refractivity contribution in [1.82, 2.24) is 9.38 Å². The van der Waals surface area contributed by atoms with Gasteiger partial charge in [0.2, 0.25) is 0 Å². The van der Waals surface area contributed by atoms with Crippen molar-refractivity contribution < 1.29 is 14.6 Å². The highest BCUT2D eigenvalue weighted by molar-refractivity contribution is 5.85. The molecular formula is C20H15FN2O2. The Labute approximate surface area is 143 Å². The first kappa shape index (κ1) is 15.2. The number of rotatable bonds is 2. The zero-order valence-corrected chi connectivity index (χ0v) is 13.4. The predicted molar refractivity (Wildman–Crippen MR) is 94.1 cm³/mol. The molecule has 0 aliphatic heterocycles. The van der Waals surface area contributed by atoms with Gasteiger partial charge in [0.15, 0.2) is 11.6 Å². The maximum atomic E-state index is 13.8. The summed E-state index contributed by atoms with van der Waals surface area (Å²) in [4.78, 5) is 4.60. The van der Waals surface area contributed by atoms with E-state index in [1.165, 1.54) is 12.1 Å². The summed E-state index contributed by atoms with van der Waals surface area (Å²) in [5, 5.41) is 20.4. The zero-order chi connectivity index (χ0) is 17.6. The molecule has 0 bridgehead atoms. The summed E-state index contributed by atoms with van der Waals surface area (Å²) in [5.74, 6) is -0.621. The smallest absolute Gasteiger partial charge is 0.165 e. The van der Waals surface area contributed by atoms with E-state index in [0.29, 0.717) is 22.6 Å². The van der Waals surface area contributed by atoms with Crippen LogP contribution in [0.1, 0.15) is 5.56 Å². The van der Waals surface area contributed by atoms with Crippen molar-refractivity contribution in [3.05, 3.63) is 72.2 Å². The number of phenols is 2. The van der Waals surface area contributed by atoms with Crippen LogP contribution in [0, 0.1) is 12.7 Å². The third kappa shape index (κ3) is 2.41. The number of hydrogen-bond donors (Lipinski definition) is 2. The first-order valence-corrected chi connectivity index (χ1v) is 7.81. The summed E-state index contributed by atoms with van der Waals surface area (Å²) in [6.07, 6.45) is 1.79. The Morgan fingerprint density at radius 1 is 0.960 bits per heavy atom. The predicted octanol–water partition coefficient (Wildman–Crippen LogP) is 4.53. The molecule has 0 amide bonds. The number of fused-ring (bicyclic) bond motifs is 1. The summed E-state index contributed by atoms with van der Waals surface area (Å²) in [5.41, 5.74) is 3.13. The second kappa shape index (κ2) is 5.63. The van der Waals surface area contributed by atoms with Crippen LogP contribution in [0.15, 0.2) is 60.8 Å². The molecule has 0 fully saturated rings. The van der Waals surface area contributed by atoms with Crippen molar-refractivity contribution in [2.24, 2.45) is 0 Å². The van der Waals surface area contributed by atoms with Gasteiger partial charge in [-0.3, -0.25) is 4.40 Å². The molecule has 0 saturated carbocycles. The lowest BCUT2D eigenvalue weighted by atomic mass is 10.1. The topological polar surface area (TPSA) is 57.8 Å². The standard InChI is InChI=1S/C20H15FN2O2/c1-12-8-9-13(17(24)11-12)18-16-7-2-3-10-23(16)20(22-18)14-5-4-6-15(21)19(14)25/h2-11,24-25H,1H3. The fourth-order valence-corrected chi connectivity index (χ4v) is 2.96. The van der Waals surface area contributed by atoms with Crippen LogP contribution in [0.3, 0.4) is 0 Å². The van der Waals surface area contributed by atoms with Gasteiger partial charge < -0.3 is 10.2 Å². The SMILES string of the molecule is Cc1ccc(-c2nc(-c3cccc(F)c3O)n3ccccc23)c(O)c1. The number of phenolic OH excluding ortho intramolecular Hbond substituents is 2. The molecule has 0 aliphatic carbocycles. The molecular weight excluding hydrogens is 319 g/mol. The van der Waals surface area contributed by atoms with E-state index < -0.39 is 11.6 Å². The van der Waals surface area contributed by atoms with Crippen molar-refractivity contribution in [3.8, 4) is 34.1 Å². The zero-order valence-electron chi connectivity index (χ0n) is 13.4. The lowest BCUT2D eigenvalue weighted by Crippen LogP contribution is -1.90. The Morgan fingerprint density at radius 3 is 2.60 bits per heavy atom. The monoisotopic (exact) mass is 334 g/mol. The van der Waals surface area contributed by atoms with Crippen molar-refractivity contribution in [2.75, 3.05) is 0 Å². The van der Waals surface area contributed by atoms with E-state index in [4.69, 9.17) is 0 Å². The van der Waals surface area contributed by atoms with Crippen LogP contribution >= 0.6 is 0 Å². The number of aromatic nitrogens is 2. The largest absolute Gasteiger partial charge is 0.507 e. The van der Waals surface area contributed by atoms with E-state index in [-0.39, 0.29) is 5.75 Å². The highest BCUT2D eigenvalue weighted by Crippen LogP contribution is 2.37. The molecule has 0 spiro atoms. The maximum absolute atomic E-state index is 13.8. The number of hydrogen-bond acceptors (Lipinski definition) is 3. The average molecular weight is 334 g/mol. The quantitative estimate of drug-likeness (QED) is 0.566. The van der Waals surface area contributed by atoms with Crippen molar-refractivity contribution in [2.45, 2.75) is 6.92 Å². The summed E-state index contributed by atoms with van der Waals surface area (Å²) in [6.45, 7) is 1.89. The second-order valence-corrected chi connectivity index (χ2v) is 5.90. The summed E-state index contributed by atoms with van der Waals surface area (Å²) in [6, 6.07) is 15.2.